The largest absolute Gasteiger partial charge is 0.339 e. The second kappa shape index (κ2) is 6.00. The van der Waals surface area contributed by atoms with Gasteiger partial charge in [0.1, 0.15) is 5.78 Å². The Kier molecular flexibility index (Phi) is 4.09. The molecule has 3 nitrogen and oxygen atoms in total. The van der Waals surface area contributed by atoms with E-state index >= 15 is 0 Å². The lowest BCUT2D eigenvalue weighted by molar-refractivity contribution is -0.137. The molecule has 0 bridgehead atoms. The van der Waals surface area contributed by atoms with E-state index in [1.54, 1.807) is 6.92 Å². The van der Waals surface area contributed by atoms with Crippen molar-refractivity contribution >= 4 is 11.7 Å². The van der Waals surface area contributed by atoms with Crippen molar-refractivity contribution in [2.75, 3.05) is 6.54 Å². The smallest absolute Gasteiger partial charge is 0.226 e. The van der Waals surface area contributed by atoms with Crippen molar-refractivity contribution < 1.29 is 9.59 Å². The Labute approximate surface area is 126 Å². The number of carbonyl (C=O) groups is 2. The van der Waals surface area contributed by atoms with E-state index < -0.39 is 0 Å². The van der Waals surface area contributed by atoms with Gasteiger partial charge in [-0.05, 0) is 50.2 Å². The summed E-state index contributed by atoms with van der Waals surface area (Å²) in [6.45, 7) is 2.45. The number of ketones is 1. The van der Waals surface area contributed by atoms with Crippen LogP contribution in [0.5, 0.6) is 0 Å². The van der Waals surface area contributed by atoms with Crippen molar-refractivity contribution in [3.8, 4) is 0 Å². The Morgan fingerprint density at radius 3 is 2.71 bits per heavy atom. The van der Waals surface area contributed by atoms with Crippen molar-refractivity contribution in [3.05, 3.63) is 35.4 Å². The second-order valence-electron chi connectivity index (χ2n) is 6.44. The molecule has 1 fully saturated rings. The van der Waals surface area contributed by atoms with Gasteiger partial charge in [-0.15, -0.1) is 0 Å². The predicted molar refractivity (Wildman–Crippen MR) is 82.0 cm³/mol. The third-order valence-corrected chi connectivity index (χ3v) is 4.88. The summed E-state index contributed by atoms with van der Waals surface area (Å²) in [7, 11) is 0. The fourth-order valence-electron chi connectivity index (χ4n) is 3.81. The van der Waals surface area contributed by atoms with Crippen molar-refractivity contribution in [2.24, 2.45) is 5.92 Å². The summed E-state index contributed by atoms with van der Waals surface area (Å²) in [6.07, 6.45) is 5.34. The zero-order chi connectivity index (χ0) is 14.8. The van der Waals surface area contributed by atoms with E-state index in [4.69, 9.17) is 0 Å². The molecule has 1 aliphatic carbocycles. The van der Waals surface area contributed by atoms with Crippen LogP contribution in [0.2, 0.25) is 0 Å². The lowest BCUT2D eigenvalue weighted by Crippen LogP contribution is -2.42. The van der Waals surface area contributed by atoms with E-state index in [0.29, 0.717) is 6.42 Å². The van der Waals surface area contributed by atoms with Gasteiger partial charge >= 0.3 is 0 Å². The molecule has 0 saturated carbocycles. The molecule has 2 unspecified atom stereocenters. The van der Waals surface area contributed by atoms with E-state index in [9.17, 15) is 9.59 Å². The van der Waals surface area contributed by atoms with E-state index in [0.717, 1.165) is 38.6 Å². The molecule has 1 saturated heterocycles. The summed E-state index contributed by atoms with van der Waals surface area (Å²) >= 11 is 0. The first-order valence-corrected chi connectivity index (χ1v) is 8.02. The quantitative estimate of drug-likeness (QED) is 0.856. The first-order chi connectivity index (χ1) is 10.1. The number of hydrogen-bond donors (Lipinski definition) is 0. The normalized spacial score (nSPS) is 24.7. The van der Waals surface area contributed by atoms with E-state index in [1.807, 2.05) is 4.90 Å². The van der Waals surface area contributed by atoms with Gasteiger partial charge in [-0.2, -0.15) is 0 Å². The van der Waals surface area contributed by atoms with Crippen LogP contribution in [-0.2, 0) is 22.4 Å². The molecule has 1 amide bonds. The standard InChI is InChI=1S/C18H23NO2/c1-13(20)11-17-7-4-10-19(17)18(21)16-9-8-14-5-2-3-6-15(14)12-16/h2-3,5-6,16-17H,4,7-12H2,1H3. The average Bonchev–Trinajstić information content (AvgIpc) is 2.93. The molecule has 3 rings (SSSR count). The topological polar surface area (TPSA) is 37.4 Å². The summed E-state index contributed by atoms with van der Waals surface area (Å²) in [4.78, 5) is 26.2. The molecule has 2 aliphatic rings. The molecule has 2 atom stereocenters. The molecule has 1 aromatic rings. The fraction of sp³-hybridized carbons (Fsp3) is 0.556. The van der Waals surface area contributed by atoms with Crippen molar-refractivity contribution in [1.29, 1.82) is 0 Å². The van der Waals surface area contributed by atoms with Crippen molar-refractivity contribution in [2.45, 2.75) is 51.5 Å². The van der Waals surface area contributed by atoms with Gasteiger partial charge in [0.05, 0.1) is 0 Å². The maximum Gasteiger partial charge on any atom is 0.226 e. The highest BCUT2D eigenvalue weighted by Crippen LogP contribution is 2.30. The highest BCUT2D eigenvalue weighted by Gasteiger charge is 2.34. The number of hydrogen-bond acceptors (Lipinski definition) is 2. The number of benzene rings is 1. The van der Waals surface area contributed by atoms with Gasteiger partial charge in [0.2, 0.25) is 5.91 Å². The van der Waals surface area contributed by atoms with Gasteiger partial charge < -0.3 is 4.90 Å². The van der Waals surface area contributed by atoms with Crippen LogP contribution in [0.1, 0.15) is 43.7 Å². The number of fused-ring (bicyclic) bond motifs is 1. The van der Waals surface area contributed by atoms with E-state index in [1.165, 1.54) is 11.1 Å². The number of rotatable bonds is 3. The molecule has 1 heterocycles. The number of aryl methyl sites for hydroxylation is 1. The Morgan fingerprint density at radius 1 is 1.19 bits per heavy atom. The highest BCUT2D eigenvalue weighted by molar-refractivity contribution is 5.82. The van der Waals surface area contributed by atoms with Gasteiger partial charge in [-0.25, -0.2) is 0 Å². The second-order valence-corrected chi connectivity index (χ2v) is 6.44. The predicted octanol–water partition coefficient (Wildman–Crippen LogP) is 2.76. The third kappa shape index (κ3) is 3.02. The molecule has 0 spiro atoms. The molecule has 3 heteroatoms. The Balaban J connectivity index is 1.70. The summed E-state index contributed by atoms with van der Waals surface area (Å²) < 4.78 is 0. The van der Waals surface area contributed by atoms with Crippen LogP contribution in [0.3, 0.4) is 0 Å². The molecule has 112 valence electrons. The van der Waals surface area contributed by atoms with Crippen molar-refractivity contribution in [1.82, 2.24) is 4.90 Å². The Bertz CT molecular complexity index is 552. The van der Waals surface area contributed by atoms with E-state index in [2.05, 4.69) is 24.3 Å². The third-order valence-electron chi connectivity index (χ3n) is 4.88. The minimum atomic E-state index is 0.104. The summed E-state index contributed by atoms with van der Waals surface area (Å²) in [5, 5.41) is 0. The van der Waals surface area contributed by atoms with E-state index in [-0.39, 0.29) is 23.7 Å². The summed E-state index contributed by atoms with van der Waals surface area (Å²) in [5.74, 6) is 0.564. The maximum atomic E-state index is 12.8. The zero-order valence-corrected chi connectivity index (χ0v) is 12.7. The zero-order valence-electron chi connectivity index (χ0n) is 12.7. The first kappa shape index (κ1) is 14.3. The molecule has 0 N–H and O–H groups in total. The first-order valence-electron chi connectivity index (χ1n) is 8.02. The van der Waals surface area contributed by atoms with Crippen LogP contribution in [0.25, 0.3) is 0 Å². The molecule has 0 aromatic heterocycles. The number of Topliss-reactive ketones (excluding diaryl/α,β-unsaturated/α-hetero) is 1. The van der Waals surface area contributed by atoms with Crippen LogP contribution in [0.4, 0.5) is 0 Å². The monoisotopic (exact) mass is 285 g/mol. The Morgan fingerprint density at radius 2 is 1.95 bits per heavy atom. The van der Waals surface area contributed by atoms with Crippen molar-refractivity contribution in [3.63, 3.8) is 0 Å². The molecule has 0 radical (unpaired) electrons. The van der Waals surface area contributed by atoms with Gasteiger partial charge in [0.25, 0.3) is 0 Å². The van der Waals surface area contributed by atoms with Gasteiger partial charge in [0, 0.05) is 24.9 Å². The molecular weight excluding hydrogens is 262 g/mol. The summed E-state index contributed by atoms with van der Waals surface area (Å²) in [5.41, 5.74) is 2.72. The fourth-order valence-corrected chi connectivity index (χ4v) is 3.81. The number of amides is 1. The number of likely N-dealkylation sites (tertiary alicyclic amines) is 1. The van der Waals surface area contributed by atoms with Gasteiger partial charge in [-0.3, -0.25) is 9.59 Å². The van der Waals surface area contributed by atoms with Crippen LogP contribution >= 0.6 is 0 Å². The van der Waals surface area contributed by atoms with Crippen LogP contribution in [-0.4, -0.2) is 29.2 Å². The maximum absolute atomic E-state index is 12.8. The van der Waals surface area contributed by atoms with Crippen LogP contribution < -0.4 is 0 Å². The lowest BCUT2D eigenvalue weighted by atomic mass is 9.83. The SMILES string of the molecule is CC(=O)CC1CCCN1C(=O)C1CCc2ccccc2C1. The van der Waals surface area contributed by atoms with Crippen LogP contribution in [0, 0.1) is 5.92 Å². The number of carbonyl (C=O) groups excluding carboxylic acids is 2. The minimum Gasteiger partial charge on any atom is -0.339 e. The minimum absolute atomic E-state index is 0.104. The molecule has 1 aromatic carbocycles. The lowest BCUT2D eigenvalue weighted by Gasteiger charge is -2.31. The Hall–Kier alpha value is -1.64. The number of nitrogens with zero attached hydrogens (tertiary/aromatic N) is 1. The van der Waals surface area contributed by atoms with Crippen LogP contribution in [0.15, 0.2) is 24.3 Å². The molecule has 1 aliphatic heterocycles. The van der Waals surface area contributed by atoms with Gasteiger partial charge in [0.15, 0.2) is 0 Å². The summed E-state index contributed by atoms with van der Waals surface area (Å²) in [6, 6.07) is 8.59. The van der Waals surface area contributed by atoms with Gasteiger partial charge in [-0.1, -0.05) is 24.3 Å². The molecular formula is C18H23NO2. The highest BCUT2D eigenvalue weighted by atomic mass is 16.2. The molecule has 21 heavy (non-hydrogen) atoms. The average molecular weight is 285 g/mol.